The van der Waals surface area contributed by atoms with Crippen LogP contribution in [0, 0.1) is 11.3 Å². The summed E-state index contributed by atoms with van der Waals surface area (Å²) in [4.78, 5) is 0. The average molecular weight is 217 g/mol. The van der Waals surface area contributed by atoms with E-state index < -0.39 is 0 Å². The number of hydrogen-bond donors (Lipinski definition) is 2. The van der Waals surface area contributed by atoms with Crippen LogP contribution < -0.4 is 11.1 Å². The topological polar surface area (TPSA) is 71.1 Å². The zero-order valence-electron chi connectivity index (χ0n) is 9.29. The molecule has 1 aliphatic heterocycles. The molecule has 1 unspecified atom stereocenters. The Bertz CT molecular complexity index is 430. The van der Waals surface area contributed by atoms with Gasteiger partial charge in [-0.15, -0.1) is 0 Å². The Labute approximate surface area is 95.0 Å². The SMILES string of the molecule is CC1(Nc2cccc(C#N)c2N)CCOC1. The number of hydrogen-bond acceptors (Lipinski definition) is 4. The van der Waals surface area contributed by atoms with Crippen molar-refractivity contribution in [3.8, 4) is 6.07 Å². The minimum absolute atomic E-state index is 0.0812. The molecular weight excluding hydrogens is 202 g/mol. The lowest BCUT2D eigenvalue weighted by atomic mass is 10.0. The first kappa shape index (κ1) is 10.8. The van der Waals surface area contributed by atoms with Crippen LogP contribution in [0.1, 0.15) is 18.9 Å². The summed E-state index contributed by atoms with van der Waals surface area (Å²) in [5.74, 6) is 0. The van der Waals surface area contributed by atoms with E-state index in [1.54, 1.807) is 6.07 Å². The summed E-state index contributed by atoms with van der Waals surface area (Å²) in [6.07, 6.45) is 0.948. The monoisotopic (exact) mass is 217 g/mol. The number of anilines is 2. The maximum atomic E-state index is 8.89. The van der Waals surface area contributed by atoms with Crippen molar-refractivity contribution in [3.63, 3.8) is 0 Å². The van der Waals surface area contributed by atoms with E-state index in [9.17, 15) is 0 Å². The van der Waals surface area contributed by atoms with E-state index in [2.05, 4.69) is 18.3 Å². The maximum absolute atomic E-state index is 8.89. The summed E-state index contributed by atoms with van der Waals surface area (Å²) in [6.45, 7) is 3.53. The molecule has 0 radical (unpaired) electrons. The molecule has 2 rings (SSSR count). The van der Waals surface area contributed by atoms with Gasteiger partial charge in [-0.1, -0.05) is 6.07 Å². The number of rotatable bonds is 2. The molecular formula is C12H15N3O. The Balaban J connectivity index is 2.25. The van der Waals surface area contributed by atoms with Crippen molar-refractivity contribution in [1.29, 1.82) is 5.26 Å². The Morgan fingerprint density at radius 1 is 1.56 bits per heavy atom. The van der Waals surface area contributed by atoms with Gasteiger partial charge in [0.15, 0.2) is 0 Å². The third kappa shape index (κ3) is 1.95. The minimum atomic E-state index is -0.0812. The molecule has 1 aromatic rings. The fourth-order valence-electron chi connectivity index (χ4n) is 1.86. The van der Waals surface area contributed by atoms with E-state index in [1.807, 2.05) is 12.1 Å². The zero-order valence-corrected chi connectivity index (χ0v) is 9.29. The maximum Gasteiger partial charge on any atom is 0.101 e. The largest absolute Gasteiger partial charge is 0.396 e. The van der Waals surface area contributed by atoms with Gasteiger partial charge in [-0.25, -0.2) is 0 Å². The molecule has 0 amide bonds. The molecule has 16 heavy (non-hydrogen) atoms. The van der Waals surface area contributed by atoms with Crippen LogP contribution in [0.4, 0.5) is 11.4 Å². The molecule has 1 aliphatic rings. The van der Waals surface area contributed by atoms with Crippen LogP contribution in [0.15, 0.2) is 18.2 Å². The molecule has 3 N–H and O–H groups in total. The van der Waals surface area contributed by atoms with Crippen LogP contribution in [0.2, 0.25) is 0 Å². The van der Waals surface area contributed by atoms with Gasteiger partial charge in [-0.3, -0.25) is 0 Å². The molecule has 0 saturated carbocycles. The lowest BCUT2D eigenvalue weighted by Crippen LogP contribution is -2.35. The predicted molar refractivity (Wildman–Crippen MR) is 63.0 cm³/mol. The lowest BCUT2D eigenvalue weighted by molar-refractivity contribution is 0.185. The minimum Gasteiger partial charge on any atom is -0.396 e. The van der Waals surface area contributed by atoms with Crippen LogP contribution in [-0.4, -0.2) is 18.8 Å². The first-order valence-corrected chi connectivity index (χ1v) is 5.29. The Morgan fingerprint density at radius 3 is 3.00 bits per heavy atom. The number of para-hydroxylation sites is 1. The molecule has 1 atom stereocenters. The van der Waals surface area contributed by atoms with Crippen LogP contribution in [0.25, 0.3) is 0 Å². The van der Waals surface area contributed by atoms with Crippen LogP contribution in [-0.2, 0) is 4.74 Å². The van der Waals surface area contributed by atoms with Crippen molar-refractivity contribution in [2.45, 2.75) is 18.9 Å². The highest BCUT2D eigenvalue weighted by Crippen LogP contribution is 2.29. The summed E-state index contributed by atoms with van der Waals surface area (Å²) < 4.78 is 5.36. The van der Waals surface area contributed by atoms with Crippen LogP contribution in [0.5, 0.6) is 0 Å². The molecule has 1 heterocycles. The Kier molecular flexibility index (Phi) is 2.71. The van der Waals surface area contributed by atoms with E-state index in [1.165, 1.54) is 0 Å². The van der Waals surface area contributed by atoms with E-state index in [0.717, 1.165) is 18.7 Å². The van der Waals surface area contributed by atoms with Crippen LogP contribution in [0.3, 0.4) is 0 Å². The second kappa shape index (κ2) is 4.03. The number of nitrogen functional groups attached to an aromatic ring is 1. The third-order valence-corrected chi connectivity index (χ3v) is 2.88. The van der Waals surface area contributed by atoms with E-state index in [-0.39, 0.29) is 5.54 Å². The van der Waals surface area contributed by atoms with Gasteiger partial charge in [-0.2, -0.15) is 5.26 Å². The molecule has 1 fully saturated rings. The smallest absolute Gasteiger partial charge is 0.101 e. The van der Waals surface area contributed by atoms with Gasteiger partial charge >= 0.3 is 0 Å². The van der Waals surface area contributed by atoms with Crippen LogP contribution >= 0.6 is 0 Å². The van der Waals surface area contributed by atoms with Gasteiger partial charge in [0, 0.05) is 6.61 Å². The Hall–Kier alpha value is -1.73. The highest BCUT2D eigenvalue weighted by Gasteiger charge is 2.29. The lowest BCUT2D eigenvalue weighted by Gasteiger charge is -2.26. The standard InChI is InChI=1S/C12H15N3O/c1-12(5-6-16-8-12)15-10-4-2-3-9(7-13)11(10)14/h2-4,15H,5-6,8,14H2,1H3. The summed E-state index contributed by atoms with van der Waals surface area (Å²) in [5.41, 5.74) is 7.66. The fourth-order valence-corrected chi connectivity index (χ4v) is 1.86. The van der Waals surface area contributed by atoms with Gasteiger partial charge in [-0.05, 0) is 25.5 Å². The number of nitriles is 1. The van der Waals surface area contributed by atoms with Crippen molar-refractivity contribution < 1.29 is 4.74 Å². The quantitative estimate of drug-likeness (QED) is 0.740. The van der Waals surface area contributed by atoms with Gasteiger partial charge in [0.1, 0.15) is 6.07 Å². The molecule has 4 heteroatoms. The molecule has 1 saturated heterocycles. The third-order valence-electron chi connectivity index (χ3n) is 2.88. The van der Waals surface area contributed by atoms with E-state index in [0.29, 0.717) is 17.9 Å². The van der Waals surface area contributed by atoms with Crippen molar-refractivity contribution in [3.05, 3.63) is 23.8 Å². The van der Waals surface area contributed by atoms with Crippen molar-refractivity contribution >= 4 is 11.4 Å². The fraction of sp³-hybridized carbons (Fsp3) is 0.417. The number of nitrogens with one attached hydrogen (secondary N) is 1. The summed E-state index contributed by atoms with van der Waals surface area (Å²) in [5, 5.41) is 12.2. The zero-order chi connectivity index (χ0) is 11.6. The Morgan fingerprint density at radius 2 is 2.38 bits per heavy atom. The first-order chi connectivity index (χ1) is 7.64. The molecule has 0 spiro atoms. The molecule has 0 bridgehead atoms. The van der Waals surface area contributed by atoms with Gasteiger partial charge < -0.3 is 15.8 Å². The second-order valence-corrected chi connectivity index (χ2v) is 4.37. The molecule has 1 aromatic carbocycles. The van der Waals surface area contributed by atoms with E-state index in [4.69, 9.17) is 15.7 Å². The van der Waals surface area contributed by atoms with Gasteiger partial charge in [0.25, 0.3) is 0 Å². The van der Waals surface area contributed by atoms with Crippen molar-refractivity contribution in [2.24, 2.45) is 0 Å². The van der Waals surface area contributed by atoms with E-state index >= 15 is 0 Å². The summed E-state index contributed by atoms with van der Waals surface area (Å²) in [7, 11) is 0. The molecule has 4 nitrogen and oxygen atoms in total. The predicted octanol–water partition coefficient (Wildman–Crippen LogP) is 1.73. The highest BCUT2D eigenvalue weighted by atomic mass is 16.5. The van der Waals surface area contributed by atoms with Gasteiger partial charge in [0.05, 0.1) is 29.1 Å². The summed E-state index contributed by atoms with van der Waals surface area (Å²) in [6, 6.07) is 7.51. The van der Waals surface area contributed by atoms with Crippen molar-refractivity contribution in [2.75, 3.05) is 24.3 Å². The van der Waals surface area contributed by atoms with Crippen molar-refractivity contribution in [1.82, 2.24) is 0 Å². The first-order valence-electron chi connectivity index (χ1n) is 5.29. The second-order valence-electron chi connectivity index (χ2n) is 4.37. The number of nitrogens with zero attached hydrogens (tertiary/aromatic N) is 1. The number of ether oxygens (including phenoxy) is 1. The summed E-state index contributed by atoms with van der Waals surface area (Å²) >= 11 is 0. The highest BCUT2D eigenvalue weighted by molar-refractivity contribution is 5.73. The normalized spacial score (nSPS) is 24.0. The molecule has 0 aliphatic carbocycles. The van der Waals surface area contributed by atoms with Gasteiger partial charge in [0.2, 0.25) is 0 Å². The molecule has 84 valence electrons. The number of nitrogens with two attached hydrogens (primary N) is 1. The molecule has 0 aromatic heterocycles. The average Bonchev–Trinajstić information content (AvgIpc) is 2.68. The number of benzene rings is 1.